The van der Waals surface area contributed by atoms with Crippen molar-refractivity contribution in [3.8, 4) is 0 Å². The van der Waals surface area contributed by atoms with Crippen molar-refractivity contribution in [3.63, 3.8) is 0 Å². The molecule has 2 rings (SSSR count). The lowest BCUT2D eigenvalue weighted by Crippen LogP contribution is -2.30. The highest BCUT2D eigenvalue weighted by Crippen LogP contribution is 2.29. The lowest BCUT2D eigenvalue weighted by atomic mass is 9.83. The lowest BCUT2D eigenvalue weighted by molar-refractivity contribution is -0.151. The zero-order valence-electron chi connectivity index (χ0n) is 11.9. The second-order valence-electron chi connectivity index (χ2n) is 5.01. The fraction of sp³-hybridized carbons (Fsp3) is 0.294. The molecule has 104 valence electrons. The molecule has 3 heteroatoms. The van der Waals surface area contributed by atoms with Crippen LogP contribution in [-0.2, 0) is 16.0 Å². The summed E-state index contributed by atoms with van der Waals surface area (Å²) in [4.78, 5) is 16.5. The third-order valence-corrected chi connectivity index (χ3v) is 3.49. The van der Waals surface area contributed by atoms with Gasteiger partial charge in [0, 0.05) is 11.6 Å². The van der Waals surface area contributed by atoms with Crippen LogP contribution in [-0.4, -0.2) is 17.6 Å². The molecule has 1 unspecified atom stereocenters. The molecule has 0 radical (unpaired) electrons. The van der Waals surface area contributed by atoms with E-state index < -0.39 is 5.41 Å². The molecule has 0 saturated heterocycles. The average Bonchev–Trinajstić information content (AvgIpc) is 2.48. The number of carbonyl (C=O) groups excluding carboxylic acids is 1. The fourth-order valence-electron chi connectivity index (χ4n) is 2.23. The van der Waals surface area contributed by atoms with E-state index in [0.717, 1.165) is 16.5 Å². The number of ether oxygens (including phenoxy) is 1. The highest BCUT2D eigenvalue weighted by Gasteiger charge is 2.32. The Labute approximate surface area is 119 Å². The predicted molar refractivity (Wildman–Crippen MR) is 80.4 cm³/mol. The molecule has 0 N–H and O–H groups in total. The fourth-order valence-corrected chi connectivity index (χ4v) is 2.23. The van der Waals surface area contributed by atoms with E-state index in [4.69, 9.17) is 4.74 Å². The normalized spacial score (nSPS) is 13.7. The minimum Gasteiger partial charge on any atom is -0.465 e. The van der Waals surface area contributed by atoms with Crippen LogP contribution in [0.15, 0.2) is 49.2 Å². The minimum atomic E-state index is -0.722. The summed E-state index contributed by atoms with van der Waals surface area (Å²) in [5.74, 6) is -0.240. The van der Waals surface area contributed by atoms with Gasteiger partial charge in [-0.05, 0) is 38.0 Å². The number of carbonyl (C=O) groups is 1. The first-order valence-electron chi connectivity index (χ1n) is 6.74. The van der Waals surface area contributed by atoms with Crippen molar-refractivity contribution >= 4 is 16.9 Å². The van der Waals surface area contributed by atoms with E-state index in [9.17, 15) is 4.79 Å². The molecule has 0 saturated carbocycles. The Morgan fingerprint density at radius 1 is 1.40 bits per heavy atom. The molecule has 0 bridgehead atoms. The Kier molecular flexibility index (Phi) is 4.18. The number of hydrogen-bond donors (Lipinski definition) is 0. The molecule has 2 aromatic rings. The highest BCUT2D eigenvalue weighted by atomic mass is 16.5. The Morgan fingerprint density at radius 2 is 2.15 bits per heavy atom. The topological polar surface area (TPSA) is 39.2 Å². The summed E-state index contributed by atoms with van der Waals surface area (Å²) in [6, 6.07) is 9.87. The first-order chi connectivity index (χ1) is 9.60. The molecule has 0 aliphatic rings. The maximum Gasteiger partial charge on any atom is 0.315 e. The van der Waals surface area contributed by atoms with Gasteiger partial charge in [0.15, 0.2) is 0 Å². The maximum atomic E-state index is 12.1. The molecule has 1 heterocycles. The third-order valence-electron chi connectivity index (χ3n) is 3.49. The smallest absolute Gasteiger partial charge is 0.315 e. The molecule has 0 fully saturated rings. The van der Waals surface area contributed by atoms with Gasteiger partial charge in [-0.3, -0.25) is 9.78 Å². The number of rotatable bonds is 5. The van der Waals surface area contributed by atoms with Gasteiger partial charge in [0.05, 0.1) is 17.5 Å². The van der Waals surface area contributed by atoms with Crippen molar-refractivity contribution in [2.75, 3.05) is 6.61 Å². The SMILES string of the molecule is C=CC(C)(Cc1ccnc2ccccc12)C(=O)OCC. The number of pyridine rings is 1. The second-order valence-corrected chi connectivity index (χ2v) is 5.01. The van der Waals surface area contributed by atoms with Gasteiger partial charge in [0.1, 0.15) is 0 Å². The van der Waals surface area contributed by atoms with Crippen molar-refractivity contribution in [1.82, 2.24) is 4.98 Å². The summed E-state index contributed by atoms with van der Waals surface area (Å²) in [5, 5.41) is 1.06. The number of hydrogen-bond acceptors (Lipinski definition) is 3. The Bertz CT molecular complexity index is 630. The van der Waals surface area contributed by atoms with Crippen LogP contribution in [0.2, 0.25) is 0 Å². The molecule has 20 heavy (non-hydrogen) atoms. The number of nitrogens with zero attached hydrogens (tertiary/aromatic N) is 1. The van der Waals surface area contributed by atoms with Crippen LogP contribution in [0.5, 0.6) is 0 Å². The first-order valence-corrected chi connectivity index (χ1v) is 6.74. The van der Waals surface area contributed by atoms with Crippen molar-refractivity contribution in [1.29, 1.82) is 0 Å². The molecular weight excluding hydrogens is 250 g/mol. The van der Waals surface area contributed by atoms with Gasteiger partial charge in [-0.2, -0.15) is 0 Å². The van der Waals surface area contributed by atoms with Gasteiger partial charge < -0.3 is 4.74 Å². The molecule has 0 aliphatic heterocycles. The van der Waals surface area contributed by atoms with E-state index in [1.165, 1.54) is 0 Å². The van der Waals surface area contributed by atoms with E-state index in [-0.39, 0.29) is 5.97 Å². The number of para-hydroxylation sites is 1. The van der Waals surface area contributed by atoms with Crippen molar-refractivity contribution in [2.24, 2.45) is 5.41 Å². The van der Waals surface area contributed by atoms with E-state index in [0.29, 0.717) is 13.0 Å². The van der Waals surface area contributed by atoms with Gasteiger partial charge >= 0.3 is 5.97 Å². The standard InChI is InChI=1S/C17H19NO2/c1-4-17(3,16(19)20-5-2)12-13-10-11-18-15-9-7-6-8-14(13)15/h4,6-11H,1,5,12H2,2-3H3. The predicted octanol–water partition coefficient (Wildman–Crippen LogP) is 3.53. The van der Waals surface area contributed by atoms with Crippen LogP contribution in [0.3, 0.4) is 0 Å². The zero-order chi connectivity index (χ0) is 14.6. The molecule has 0 amide bonds. The first kappa shape index (κ1) is 14.3. The molecule has 3 nitrogen and oxygen atoms in total. The van der Waals surface area contributed by atoms with E-state index >= 15 is 0 Å². The van der Waals surface area contributed by atoms with Gasteiger partial charge in [0.2, 0.25) is 0 Å². The highest BCUT2D eigenvalue weighted by molar-refractivity contribution is 5.84. The zero-order valence-corrected chi connectivity index (χ0v) is 11.9. The second kappa shape index (κ2) is 5.87. The van der Waals surface area contributed by atoms with Crippen LogP contribution in [0.25, 0.3) is 10.9 Å². The van der Waals surface area contributed by atoms with Gasteiger partial charge in [-0.1, -0.05) is 24.3 Å². The maximum absolute atomic E-state index is 12.1. The summed E-state index contributed by atoms with van der Waals surface area (Å²) in [7, 11) is 0. The monoisotopic (exact) mass is 269 g/mol. The number of aromatic nitrogens is 1. The lowest BCUT2D eigenvalue weighted by Gasteiger charge is -2.24. The Balaban J connectivity index is 2.39. The molecule has 1 aromatic heterocycles. The summed E-state index contributed by atoms with van der Waals surface area (Å²) >= 11 is 0. The summed E-state index contributed by atoms with van der Waals surface area (Å²) in [6.45, 7) is 7.83. The summed E-state index contributed by atoms with van der Waals surface area (Å²) in [6.07, 6.45) is 3.99. The summed E-state index contributed by atoms with van der Waals surface area (Å²) in [5.41, 5.74) is 1.28. The van der Waals surface area contributed by atoms with Crippen molar-refractivity contribution < 1.29 is 9.53 Å². The quantitative estimate of drug-likeness (QED) is 0.615. The number of esters is 1. The molecule has 0 spiro atoms. The molecule has 1 atom stereocenters. The van der Waals surface area contributed by atoms with Gasteiger partial charge in [-0.15, -0.1) is 6.58 Å². The molecule has 1 aromatic carbocycles. The van der Waals surface area contributed by atoms with Crippen LogP contribution in [0.1, 0.15) is 19.4 Å². The van der Waals surface area contributed by atoms with E-state index in [1.54, 1.807) is 12.3 Å². The van der Waals surface area contributed by atoms with Gasteiger partial charge in [-0.25, -0.2) is 0 Å². The average molecular weight is 269 g/mol. The summed E-state index contributed by atoms with van der Waals surface area (Å²) < 4.78 is 5.16. The molecular formula is C17H19NO2. The number of benzene rings is 1. The van der Waals surface area contributed by atoms with Crippen LogP contribution in [0.4, 0.5) is 0 Å². The van der Waals surface area contributed by atoms with Crippen LogP contribution < -0.4 is 0 Å². The minimum absolute atomic E-state index is 0.240. The molecule has 0 aliphatic carbocycles. The van der Waals surface area contributed by atoms with E-state index in [2.05, 4.69) is 11.6 Å². The Hall–Kier alpha value is -2.16. The number of fused-ring (bicyclic) bond motifs is 1. The van der Waals surface area contributed by atoms with Gasteiger partial charge in [0.25, 0.3) is 0 Å². The van der Waals surface area contributed by atoms with Crippen LogP contribution in [0, 0.1) is 5.41 Å². The third kappa shape index (κ3) is 2.72. The van der Waals surface area contributed by atoms with Crippen molar-refractivity contribution in [3.05, 3.63) is 54.7 Å². The largest absolute Gasteiger partial charge is 0.465 e. The van der Waals surface area contributed by atoms with Crippen LogP contribution >= 0.6 is 0 Å². The Morgan fingerprint density at radius 3 is 2.85 bits per heavy atom. The van der Waals surface area contributed by atoms with E-state index in [1.807, 2.05) is 44.2 Å². The van der Waals surface area contributed by atoms with Crippen molar-refractivity contribution in [2.45, 2.75) is 20.3 Å².